The Morgan fingerprint density at radius 1 is 0.526 bits per heavy atom. The second kappa shape index (κ2) is 9.06. The highest BCUT2D eigenvalue weighted by molar-refractivity contribution is 6.14. The van der Waals surface area contributed by atoms with Gasteiger partial charge in [-0.15, -0.1) is 0 Å². The Morgan fingerprint density at radius 3 is 1.66 bits per heavy atom. The van der Waals surface area contributed by atoms with Gasteiger partial charge in [0.25, 0.3) is 0 Å². The average molecular weight is 488 g/mol. The maximum Gasteiger partial charge on any atom is 0.0709 e. The smallest absolute Gasteiger partial charge is 0.0709 e. The van der Waals surface area contributed by atoms with Crippen LogP contribution in [-0.2, 0) is 0 Å². The summed E-state index contributed by atoms with van der Waals surface area (Å²) in [7, 11) is 0. The van der Waals surface area contributed by atoms with E-state index in [1.807, 2.05) is 54.6 Å². The molecule has 0 aliphatic heterocycles. The lowest BCUT2D eigenvalue weighted by Crippen LogP contribution is -2.14. The normalized spacial score (nSPS) is 11.9. The second-order valence-electron chi connectivity index (χ2n) is 9.52. The fourth-order valence-electron chi connectivity index (χ4n) is 5.49. The maximum absolute atomic E-state index is 8.80. The van der Waals surface area contributed by atoms with Crippen LogP contribution in [-0.4, -0.2) is 10.4 Å². The van der Waals surface area contributed by atoms with Crippen LogP contribution in [0.25, 0.3) is 50.0 Å². The highest BCUT2D eigenvalue weighted by atomic mass is 15.4. The third-order valence-electron chi connectivity index (χ3n) is 7.25. The zero-order chi connectivity index (χ0) is 25.5. The molecule has 0 saturated carbocycles. The van der Waals surface area contributed by atoms with E-state index >= 15 is 0 Å². The second-order valence-corrected chi connectivity index (χ2v) is 9.52. The molecule has 0 atom stereocenters. The third-order valence-corrected chi connectivity index (χ3v) is 7.25. The number of hydrogen-bond acceptors (Lipinski definition) is 2. The Labute approximate surface area is 221 Å². The molecule has 5 aromatic carbocycles. The van der Waals surface area contributed by atoms with E-state index in [1.165, 1.54) is 38.8 Å². The zero-order valence-electron chi connectivity index (χ0n) is 20.7. The molecule has 3 nitrogen and oxygen atoms in total. The number of nitrogens with one attached hydrogen (secondary N) is 2. The maximum atomic E-state index is 8.80. The molecule has 1 aliphatic carbocycles. The van der Waals surface area contributed by atoms with Gasteiger partial charge in [-0.25, -0.2) is 0 Å². The third kappa shape index (κ3) is 3.64. The Morgan fingerprint density at radius 2 is 1.03 bits per heavy atom. The van der Waals surface area contributed by atoms with Crippen LogP contribution in [0.5, 0.6) is 0 Å². The molecular formula is C35H25N3. The van der Waals surface area contributed by atoms with Crippen LogP contribution in [0.2, 0.25) is 0 Å². The van der Waals surface area contributed by atoms with Gasteiger partial charge in [0.1, 0.15) is 0 Å². The van der Waals surface area contributed by atoms with Crippen LogP contribution in [0.1, 0.15) is 11.1 Å². The van der Waals surface area contributed by atoms with E-state index in [4.69, 9.17) is 5.41 Å². The molecule has 1 heterocycles. The summed E-state index contributed by atoms with van der Waals surface area (Å²) in [4.78, 5) is 0. The van der Waals surface area contributed by atoms with Gasteiger partial charge in [0.15, 0.2) is 0 Å². The van der Waals surface area contributed by atoms with Crippen LogP contribution in [0.15, 0.2) is 140 Å². The van der Waals surface area contributed by atoms with Crippen molar-refractivity contribution >= 4 is 22.3 Å². The van der Waals surface area contributed by atoms with E-state index in [9.17, 15) is 0 Å². The lowest BCUT2D eigenvalue weighted by molar-refractivity contribution is 1.02. The quantitative estimate of drug-likeness (QED) is 0.234. The number of fused-ring (bicyclic) bond motifs is 5. The molecule has 3 heteroatoms. The topological polar surface area (TPSA) is 40.8 Å². The molecule has 0 saturated heterocycles. The van der Waals surface area contributed by atoms with Crippen molar-refractivity contribution in [2.24, 2.45) is 0 Å². The van der Waals surface area contributed by atoms with Crippen LogP contribution < -0.4 is 5.43 Å². The summed E-state index contributed by atoms with van der Waals surface area (Å²) >= 11 is 0. The Hall–Kier alpha value is -5.15. The van der Waals surface area contributed by atoms with Gasteiger partial charge >= 0.3 is 0 Å². The molecular weight excluding hydrogens is 462 g/mol. The van der Waals surface area contributed by atoms with E-state index in [0.29, 0.717) is 5.71 Å². The fraction of sp³-hybridized carbons (Fsp3) is 0. The Kier molecular flexibility index (Phi) is 5.26. The summed E-state index contributed by atoms with van der Waals surface area (Å²) in [6.07, 6.45) is 4.11. The monoisotopic (exact) mass is 487 g/mol. The molecule has 1 aliphatic rings. The molecule has 0 fully saturated rings. The van der Waals surface area contributed by atoms with E-state index < -0.39 is 0 Å². The SMILES string of the molecule is N=C(/C=C(\Nn1cc2c3c(cccc31)-c1ccccc1-c1ccccc1-2)c1ccccc1)c1ccccc1. The molecule has 1 aromatic heterocycles. The van der Waals surface area contributed by atoms with Gasteiger partial charge in [0.05, 0.1) is 16.9 Å². The number of aromatic nitrogens is 1. The van der Waals surface area contributed by atoms with Crippen LogP contribution in [0.3, 0.4) is 0 Å². The van der Waals surface area contributed by atoms with Gasteiger partial charge in [-0.05, 0) is 51.1 Å². The number of nitrogens with zero attached hydrogens (tertiary/aromatic N) is 1. The number of hydrogen-bond donors (Lipinski definition) is 2. The molecule has 2 N–H and O–H groups in total. The van der Waals surface area contributed by atoms with E-state index in [1.54, 1.807) is 0 Å². The lowest BCUT2D eigenvalue weighted by Gasteiger charge is -2.16. The molecule has 38 heavy (non-hydrogen) atoms. The predicted molar refractivity (Wildman–Crippen MR) is 159 cm³/mol. The van der Waals surface area contributed by atoms with Gasteiger partial charge in [-0.2, -0.15) is 0 Å². The molecule has 0 spiro atoms. The summed E-state index contributed by atoms with van der Waals surface area (Å²) in [6.45, 7) is 0. The summed E-state index contributed by atoms with van der Waals surface area (Å²) in [6, 6.07) is 43.9. The van der Waals surface area contributed by atoms with Gasteiger partial charge in [-0.3, -0.25) is 10.1 Å². The standard InChI is InChI=1S/C35H25N3/c36-32(24-12-3-1-4-13-24)22-33(25-14-5-2-6-15-25)37-38-23-31-29-19-10-8-17-27(29)26-16-7-9-18-28(26)30-20-11-21-34(38)35(30)31/h1-23,36-37H/b33-22-,36-32?. The van der Waals surface area contributed by atoms with E-state index in [2.05, 4.69) is 95.2 Å². The number of allylic oxidation sites excluding steroid dienone is 1. The van der Waals surface area contributed by atoms with Gasteiger partial charge in [0.2, 0.25) is 0 Å². The first kappa shape index (κ1) is 22.1. The minimum Gasteiger partial charge on any atom is -0.300 e. The fourth-order valence-corrected chi connectivity index (χ4v) is 5.49. The molecule has 0 unspecified atom stereocenters. The lowest BCUT2D eigenvalue weighted by atomic mass is 9.94. The van der Waals surface area contributed by atoms with Crippen molar-refractivity contribution in [1.82, 2.24) is 4.68 Å². The van der Waals surface area contributed by atoms with Crippen molar-refractivity contribution in [1.29, 1.82) is 5.41 Å². The molecule has 6 aromatic rings. The van der Waals surface area contributed by atoms with Crippen molar-refractivity contribution in [2.75, 3.05) is 5.43 Å². The van der Waals surface area contributed by atoms with Crippen molar-refractivity contribution in [3.63, 3.8) is 0 Å². The predicted octanol–water partition coefficient (Wildman–Crippen LogP) is 8.61. The first-order valence-corrected chi connectivity index (χ1v) is 12.8. The molecule has 7 rings (SSSR count). The highest BCUT2D eigenvalue weighted by Gasteiger charge is 2.23. The summed E-state index contributed by atoms with van der Waals surface area (Å²) in [5.41, 5.74) is 15.3. The average Bonchev–Trinajstić information content (AvgIpc) is 3.30. The van der Waals surface area contributed by atoms with E-state index in [0.717, 1.165) is 22.3 Å². The molecule has 0 bridgehead atoms. The number of benzene rings is 5. The Bertz CT molecular complexity index is 1840. The first-order chi connectivity index (χ1) is 18.8. The van der Waals surface area contributed by atoms with Gasteiger partial charge in [-0.1, -0.05) is 121 Å². The van der Waals surface area contributed by atoms with Crippen LogP contribution in [0, 0.1) is 5.41 Å². The van der Waals surface area contributed by atoms with Crippen LogP contribution in [0.4, 0.5) is 0 Å². The first-order valence-electron chi connectivity index (χ1n) is 12.8. The Balaban J connectivity index is 1.43. The summed E-state index contributed by atoms with van der Waals surface area (Å²) < 4.78 is 2.11. The van der Waals surface area contributed by atoms with Crippen molar-refractivity contribution in [2.45, 2.75) is 0 Å². The number of rotatable bonds is 5. The minimum absolute atomic E-state index is 0.453. The molecule has 0 amide bonds. The molecule has 0 radical (unpaired) electrons. The van der Waals surface area contributed by atoms with Crippen molar-refractivity contribution in [3.05, 3.63) is 151 Å². The zero-order valence-corrected chi connectivity index (χ0v) is 20.7. The minimum atomic E-state index is 0.453. The summed E-state index contributed by atoms with van der Waals surface area (Å²) in [5.74, 6) is 0. The highest BCUT2D eigenvalue weighted by Crippen LogP contribution is 2.47. The van der Waals surface area contributed by atoms with Gasteiger partial charge < -0.3 is 5.41 Å². The summed E-state index contributed by atoms with van der Waals surface area (Å²) in [5, 5.41) is 10.0. The largest absolute Gasteiger partial charge is 0.300 e. The van der Waals surface area contributed by atoms with Gasteiger partial charge in [0, 0.05) is 17.1 Å². The van der Waals surface area contributed by atoms with Crippen molar-refractivity contribution in [3.8, 4) is 33.4 Å². The van der Waals surface area contributed by atoms with E-state index in [-0.39, 0.29) is 0 Å². The van der Waals surface area contributed by atoms with Crippen LogP contribution >= 0.6 is 0 Å². The molecule has 180 valence electrons. The van der Waals surface area contributed by atoms with Crippen molar-refractivity contribution < 1.29 is 0 Å².